The van der Waals surface area contributed by atoms with Crippen molar-refractivity contribution in [1.29, 1.82) is 0 Å². The molecule has 2 amide bonds. The van der Waals surface area contributed by atoms with E-state index in [0.717, 1.165) is 5.56 Å². The third-order valence-corrected chi connectivity index (χ3v) is 2.65. The first kappa shape index (κ1) is 16.6. The monoisotopic (exact) mass is 292 g/mol. The van der Waals surface area contributed by atoms with Crippen molar-refractivity contribution >= 4 is 17.9 Å². The van der Waals surface area contributed by atoms with Crippen LogP contribution in [0.25, 0.3) is 6.08 Å². The Balaban J connectivity index is 2.58. The minimum absolute atomic E-state index is 0.124. The molecule has 0 saturated heterocycles. The summed E-state index contributed by atoms with van der Waals surface area (Å²) in [6, 6.07) is 5.33. The van der Waals surface area contributed by atoms with Crippen LogP contribution in [0.3, 0.4) is 0 Å². The molecule has 0 radical (unpaired) electrons. The van der Waals surface area contributed by atoms with Gasteiger partial charge in [0.25, 0.3) is 0 Å². The van der Waals surface area contributed by atoms with Crippen LogP contribution in [-0.2, 0) is 9.59 Å². The molecule has 1 rings (SSSR count). The SMILES string of the molecule is COc1ccc(OC)c(C=CC(=O)NCCNC(C)=O)c1. The van der Waals surface area contributed by atoms with Gasteiger partial charge in [0, 0.05) is 31.7 Å². The molecule has 6 nitrogen and oxygen atoms in total. The van der Waals surface area contributed by atoms with E-state index in [9.17, 15) is 9.59 Å². The van der Waals surface area contributed by atoms with Crippen LogP contribution >= 0.6 is 0 Å². The Morgan fingerprint density at radius 2 is 1.86 bits per heavy atom. The highest BCUT2D eigenvalue weighted by Gasteiger charge is 2.03. The lowest BCUT2D eigenvalue weighted by molar-refractivity contribution is -0.119. The van der Waals surface area contributed by atoms with Gasteiger partial charge in [-0.3, -0.25) is 9.59 Å². The second-order valence-electron chi connectivity index (χ2n) is 4.22. The molecule has 0 spiro atoms. The topological polar surface area (TPSA) is 76.7 Å². The molecule has 21 heavy (non-hydrogen) atoms. The molecular formula is C15H20N2O4. The Bertz CT molecular complexity index is 526. The lowest BCUT2D eigenvalue weighted by Gasteiger charge is -2.07. The van der Waals surface area contributed by atoms with Crippen LogP contribution < -0.4 is 20.1 Å². The highest BCUT2D eigenvalue weighted by Crippen LogP contribution is 2.24. The lowest BCUT2D eigenvalue weighted by Crippen LogP contribution is -2.32. The minimum atomic E-state index is -0.245. The molecule has 0 aliphatic heterocycles. The molecule has 0 aliphatic carbocycles. The van der Waals surface area contributed by atoms with Crippen molar-refractivity contribution < 1.29 is 19.1 Å². The number of nitrogens with one attached hydrogen (secondary N) is 2. The van der Waals surface area contributed by atoms with Crippen LogP contribution in [0.4, 0.5) is 0 Å². The number of hydrogen-bond donors (Lipinski definition) is 2. The number of methoxy groups -OCH3 is 2. The molecule has 1 aromatic rings. The van der Waals surface area contributed by atoms with E-state index in [1.807, 2.05) is 0 Å². The summed E-state index contributed by atoms with van der Waals surface area (Å²) in [5.41, 5.74) is 0.744. The molecule has 0 fully saturated rings. The van der Waals surface area contributed by atoms with Gasteiger partial charge in [-0.2, -0.15) is 0 Å². The quantitative estimate of drug-likeness (QED) is 0.580. The van der Waals surface area contributed by atoms with E-state index in [0.29, 0.717) is 24.6 Å². The van der Waals surface area contributed by atoms with Gasteiger partial charge in [0.05, 0.1) is 14.2 Å². The van der Waals surface area contributed by atoms with Crippen molar-refractivity contribution in [3.63, 3.8) is 0 Å². The van der Waals surface area contributed by atoms with Crippen molar-refractivity contribution in [1.82, 2.24) is 10.6 Å². The van der Waals surface area contributed by atoms with E-state index in [4.69, 9.17) is 9.47 Å². The van der Waals surface area contributed by atoms with Gasteiger partial charge < -0.3 is 20.1 Å². The van der Waals surface area contributed by atoms with Crippen LogP contribution in [-0.4, -0.2) is 39.1 Å². The Hall–Kier alpha value is -2.50. The number of amides is 2. The first-order chi connectivity index (χ1) is 10.1. The molecule has 0 bridgehead atoms. The standard InChI is InChI=1S/C15H20N2O4/c1-11(18)16-8-9-17-15(19)7-4-12-10-13(20-2)5-6-14(12)21-3/h4-7,10H,8-9H2,1-3H3,(H,16,18)(H,17,19). The van der Waals surface area contributed by atoms with E-state index < -0.39 is 0 Å². The minimum Gasteiger partial charge on any atom is -0.497 e. The van der Waals surface area contributed by atoms with E-state index in [1.165, 1.54) is 13.0 Å². The second kappa shape index (κ2) is 8.63. The van der Waals surface area contributed by atoms with Gasteiger partial charge in [-0.25, -0.2) is 0 Å². The number of hydrogen-bond acceptors (Lipinski definition) is 4. The van der Waals surface area contributed by atoms with Crippen LogP contribution in [0.1, 0.15) is 12.5 Å². The Labute approximate surface area is 124 Å². The maximum Gasteiger partial charge on any atom is 0.244 e. The predicted octanol–water partition coefficient (Wildman–Crippen LogP) is 0.969. The molecule has 0 aromatic heterocycles. The van der Waals surface area contributed by atoms with Gasteiger partial charge >= 0.3 is 0 Å². The Morgan fingerprint density at radius 3 is 2.48 bits per heavy atom. The molecule has 0 aliphatic rings. The molecule has 0 atom stereocenters. The lowest BCUT2D eigenvalue weighted by atomic mass is 10.1. The molecule has 0 unspecified atom stereocenters. The van der Waals surface area contributed by atoms with E-state index in [-0.39, 0.29) is 11.8 Å². The molecule has 1 aromatic carbocycles. The fourth-order valence-electron chi connectivity index (χ4n) is 1.62. The summed E-state index contributed by atoms with van der Waals surface area (Å²) in [4.78, 5) is 22.3. The highest BCUT2D eigenvalue weighted by molar-refractivity contribution is 5.92. The maximum atomic E-state index is 11.6. The van der Waals surface area contributed by atoms with Gasteiger partial charge in [0.2, 0.25) is 11.8 Å². The zero-order valence-corrected chi connectivity index (χ0v) is 12.4. The van der Waals surface area contributed by atoms with Crippen LogP contribution in [0.5, 0.6) is 11.5 Å². The molecule has 6 heteroatoms. The fraction of sp³-hybridized carbons (Fsp3) is 0.333. The van der Waals surface area contributed by atoms with Crippen LogP contribution in [0.2, 0.25) is 0 Å². The summed E-state index contributed by atoms with van der Waals surface area (Å²) in [6.45, 7) is 2.20. The average Bonchev–Trinajstić information content (AvgIpc) is 2.48. The molecule has 2 N–H and O–H groups in total. The summed E-state index contributed by atoms with van der Waals surface area (Å²) in [5.74, 6) is 0.964. The Kier molecular flexibility index (Phi) is 6.80. The summed E-state index contributed by atoms with van der Waals surface area (Å²) >= 11 is 0. The summed E-state index contributed by atoms with van der Waals surface area (Å²) in [7, 11) is 3.14. The third kappa shape index (κ3) is 5.99. The summed E-state index contributed by atoms with van der Waals surface area (Å²) in [6.07, 6.45) is 3.06. The smallest absolute Gasteiger partial charge is 0.244 e. The second-order valence-corrected chi connectivity index (χ2v) is 4.22. The van der Waals surface area contributed by atoms with Crippen molar-refractivity contribution in [3.05, 3.63) is 29.8 Å². The van der Waals surface area contributed by atoms with Gasteiger partial charge in [0.15, 0.2) is 0 Å². The van der Waals surface area contributed by atoms with Crippen LogP contribution in [0, 0.1) is 0 Å². The number of carbonyl (C=O) groups excluding carboxylic acids is 2. The third-order valence-electron chi connectivity index (χ3n) is 2.65. The zero-order chi connectivity index (χ0) is 15.7. The molecule has 0 saturated carbocycles. The van der Waals surface area contributed by atoms with Gasteiger partial charge in [0.1, 0.15) is 11.5 Å². The van der Waals surface area contributed by atoms with Crippen LogP contribution in [0.15, 0.2) is 24.3 Å². The van der Waals surface area contributed by atoms with Gasteiger partial charge in [-0.1, -0.05) is 0 Å². The summed E-state index contributed by atoms with van der Waals surface area (Å²) < 4.78 is 10.3. The molecule has 114 valence electrons. The summed E-state index contributed by atoms with van der Waals surface area (Å²) in [5, 5.41) is 5.26. The number of rotatable bonds is 7. The van der Waals surface area contributed by atoms with E-state index in [2.05, 4.69) is 10.6 Å². The van der Waals surface area contributed by atoms with Crippen molar-refractivity contribution in [3.8, 4) is 11.5 Å². The number of carbonyl (C=O) groups is 2. The number of ether oxygens (including phenoxy) is 2. The molecular weight excluding hydrogens is 272 g/mol. The van der Waals surface area contributed by atoms with Gasteiger partial charge in [-0.05, 0) is 24.3 Å². The normalized spacial score (nSPS) is 10.2. The average molecular weight is 292 g/mol. The highest BCUT2D eigenvalue weighted by atomic mass is 16.5. The zero-order valence-electron chi connectivity index (χ0n) is 12.4. The van der Waals surface area contributed by atoms with Crippen molar-refractivity contribution in [2.45, 2.75) is 6.92 Å². The number of benzene rings is 1. The molecule has 0 heterocycles. The fourth-order valence-corrected chi connectivity index (χ4v) is 1.62. The van der Waals surface area contributed by atoms with E-state index in [1.54, 1.807) is 38.5 Å². The maximum absolute atomic E-state index is 11.6. The van der Waals surface area contributed by atoms with Crippen molar-refractivity contribution in [2.24, 2.45) is 0 Å². The first-order valence-electron chi connectivity index (χ1n) is 6.49. The Morgan fingerprint density at radius 1 is 1.14 bits per heavy atom. The van der Waals surface area contributed by atoms with Crippen molar-refractivity contribution in [2.75, 3.05) is 27.3 Å². The largest absolute Gasteiger partial charge is 0.497 e. The first-order valence-corrected chi connectivity index (χ1v) is 6.49. The predicted molar refractivity (Wildman–Crippen MR) is 80.3 cm³/mol. The van der Waals surface area contributed by atoms with E-state index >= 15 is 0 Å². The van der Waals surface area contributed by atoms with Gasteiger partial charge in [-0.15, -0.1) is 0 Å².